The van der Waals surface area contributed by atoms with Crippen molar-refractivity contribution in [3.63, 3.8) is 0 Å². The van der Waals surface area contributed by atoms with Gasteiger partial charge in [-0.2, -0.15) is 0 Å². The monoisotopic (exact) mass is 418 g/mol. The van der Waals surface area contributed by atoms with E-state index in [1.807, 2.05) is 24.3 Å². The van der Waals surface area contributed by atoms with Gasteiger partial charge in [-0.25, -0.2) is 9.18 Å². The molecule has 6 heteroatoms. The second kappa shape index (κ2) is 8.55. The van der Waals surface area contributed by atoms with E-state index in [0.29, 0.717) is 5.56 Å². The quantitative estimate of drug-likeness (QED) is 0.447. The summed E-state index contributed by atoms with van der Waals surface area (Å²) >= 11 is 1.66. The van der Waals surface area contributed by atoms with Crippen LogP contribution in [0.4, 0.5) is 9.18 Å². The molecule has 3 aromatic carbocycles. The van der Waals surface area contributed by atoms with Crippen molar-refractivity contribution < 1.29 is 14.0 Å². The average molecular weight is 418 g/mol. The molecule has 0 bridgehead atoms. The number of nitrogens with one attached hydrogen (secondary N) is 1. The van der Waals surface area contributed by atoms with Crippen LogP contribution in [-0.4, -0.2) is 16.8 Å². The van der Waals surface area contributed by atoms with Gasteiger partial charge in [-0.15, -0.1) is 0 Å². The Kier molecular flexibility index (Phi) is 5.68. The van der Waals surface area contributed by atoms with Gasteiger partial charge in [-0.3, -0.25) is 9.69 Å². The standard InChI is InChI=1S/C24H19FN2O2S/c1-16-2-10-20(11-3-16)30-21-12-6-17(7-13-21)14-22-23(28)27(24(29)26-22)15-18-4-8-19(25)9-5-18/h2-14H,15H2,1H3,(H,26,29)/b22-14-. The Morgan fingerprint density at radius 1 is 0.900 bits per heavy atom. The molecule has 0 aromatic heterocycles. The lowest BCUT2D eigenvalue weighted by molar-refractivity contribution is -0.123. The Hall–Kier alpha value is -3.38. The maximum absolute atomic E-state index is 13.1. The van der Waals surface area contributed by atoms with Gasteiger partial charge in [0.2, 0.25) is 0 Å². The van der Waals surface area contributed by atoms with Crippen LogP contribution in [0.15, 0.2) is 88.3 Å². The largest absolute Gasteiger partial charge is 0.329 e. The number of amides is 3. The van der Waals surface area contributed by atoms with Crippen molar-refractivity contribution in [1.29, 1.82) is 0 Å². The third-order valence-corrected chi connectivity index (χ3v) is 5.68. The summed E-state index contributed by atoms with van der Waals surface area (Å²) in [5.74, 6) is -0.761. The van der Waals surface area contributed by atoms with Crippen LogP contribution in [0.3, 0.4) is 0 Å². The van der Waals surface area contributed by atoms with E-state index in [2.05, 4.69) is 36.5 Å². The SMILES string of the molecule is Cc1ccc(Sc2ccc(/C=C3\NC(=O)N(Cc4ccc(F)cc4)C3=O)cc2)cc1. The normalized spacial score (nSPS) is 15.0. The molecule has 1 saturated heterocycles. The number of rotatable bonds is 5. The molecule has 3 aromatic rings. The number of hydrogen-bond acceptors (Lipinski definition) is 3. The van der Waals surface area contributed by atoms with Crippen molar-refractivity contribution in [3.8, 4) is 0 Å². The molecule has 0 spiro atoms. The van der Waals surface area contributed by atoms with Gasteiger partial charge in [0.1, 0.15) is 11.5 Å². The number of aryl methyl sites for hydroxylation is 1. The molecule has 0 atom stereocenters. The summed E-state index contributed by atoms with van der Waals surface area (Å²) in [4.78, 5) is 28.2. The highest BCUT2D eigenvalue weighted by atomic mass is 32.2. The molecule has 1 aliphatic rings. The number of nitrogens with zero attached hydrogens (tertiary/aromatic N) is 1. The van der Waals surface area contributed by atoms with Gasteiger partial charge in [0.25, 0.3) is 5.91 Å². The smallest absolute Gasteiger partial charge is 0.303 e. The van der Waals surface area contributed by atoms with Crippen LogP contribution in [0.2, 0.25) is 0 Å². The fraction of sp³-hybridized carbons (Fsp3) is 0.0833. The van der Waals surface area contributed by atoms with Gasteiger partial charge in [0.15, 0.2) is 0 Å². The molecule has 0 radical (unpaired) electrons. The molecule has 0 unspecified atom stereocenters. The fourth-order valence-electron chi connectivity index (χ4n) is 3.03. The second-order valence-corrected chi connectivity index (χ2v) is 8.14. The molecule has 0 saturated carbocycles. The Labute approximate surface area is 178 Å². The van der Waals surface area contributed by atoms with Gasteiger partial charge < -0.3 is 5.32 Å². The number of halogens is 1. The summed E-state index contributed by atoms with van der Waals surface area (Å²) in [6.07, 6.45) is 1.66. The molecule has 30 heavy (non-hydrogen) atoms. The molecular weight excluding hydrogens is 399 g/mol. The van der Waals surface area contributed by atoms with E-state index in [1.54, 1.807) is 30.0 Å². The first-order chi connectivity index (χ1) is 14.5. The zero-order valence-corrected chi connectivity index (χ0v) is 17.1. The average Bonchev–Trinajstić information content (AvgIpc) is 3.00. The van der Waals surface area contributed by atoms with Crippen molar-refractivity contribution in [3.05, 3.63) is 101 Å². The van der Waals surface area contributed by atoms with Crippen LogP contribution in [0.25, 0.3) is 6.08 Å². The highest BCUT2D eigenvalue weighted by Gasteiger charge is 2.33. The number of imide groups is 1. The van der Waals surface area contributed by atoms with Crippen LogP contribution >= 0.6 is 11.8 Å². The molecular formula is C24H19FN2O2S. The van der Waals surface area contributed by atoms with E-state index in [4.69, 9.17) is 0 Å². The van der Waals surface area contributed by atoms with Crippen LogP contribution in [0, 0.1) is 12.7 Å². The molecule has 4 rings (SSSR count). The number of carbonyl (C=O) groups is 2. The molecule has 1 heterocycles. The molecule has 3 amide bonds. The predicted molar refractivity (Wildman–Crippen MR) is 115 cm³/mol. The third-order valence-electron chi connectivity index (χ3n) is 4.66. The predicted octanol–water partition coefficient (Wildman–Crippen LogP) is 5.38. The lowest BCUT2D eigenvalue weighted by atomic mass is 10.2. The van der Waals surface area contributed by atoms with E-state index >= 15 is 0 Å². The molecule has 1 N–H and O–H groups in total. The van der Waals surface area contributed by atoms with Crippen molar-refractivity contribution in [2.75, 3.05) is 0 Å². The zero-order valence-electron chi connectivity index (χ0n) is 16.3. The van der Waals surface area contributed by atoms with E-state index in [-0.39, 0.29) is 18.1 Å². The van der Waals surface area contributed by atoms with E-state index < -0.39 is 11.9 Å². The Morgan fingerprint density at radius 3 is 2.13 bits per heavy atom. The Bertz CT molecular complexity index is 1110. The summed E-state index contributed by atoms with van der Waals surface area (Å²) < 4.78 is 13.1. The number of carbonyl (C=O) groups excluding carboxylic acids is 2. The number of urea groups is 1. The van der Waals surface area contributed by atoms with Crippen molar-refractivity contribution in [1.82, 2.24) is 10.2 Å². The van der Waals surface area contributed by atoms with Gasteiger partial charge in [0.05, 0.1) is 6.54 Å². The summed E-state index contributed by atoms with van der Waals surface area (Å²) in [6, 6.07) is 21.3. The minimum Gasteiger partial charge on any atom is -0.303 e. The topological polar surface area (TPSA) is 49.4 Å². The first-order valence-corrected chi connectivity index (χ1v) is 10.2. The Morgan fingerprint density at radius 2 is 1.50 bits per heavy atom. The maximum Gasteiger partial charge on any atom is 0.329 e. The van der Waals surface area contributed by atoms with Crippen LogP contribution < -0.4 is 5.32 Å². The third kappa shape index (κ3) is 4.60. The maximum atomic E-state index is 13.1. The summed E-state index contributed by atoms with van der Waals surface area (Å²) in [6.45, 7) is 2.15. The highest BCUT2D eigenvalue weighted by molar-refractivity contribution is 7.99. The van der Waals surface area contributed by atoms with E-state index in [0.717, 1.165) is 20.3 Å². The summed E-state index contributed by atoms with van der Waals surface area (Å²) in [5.41, 5.74) is 2.94. The molecule has 150 valence electrons. The highest BCUT2D eigenvalue weighted by Crippen LogP contribution is 2.28. The van der Waals surface area contributed by atoms with E-state index in [1.165, 1.54) is 17.7 Å². The molecule has 1 fully saturated rings. The molecule has 4 nitrogen and oxygen atoms in total. The van der Waals surface area contributed by atoms with Crippen molar-refractivity contribution in [2.45, 2.75) is 23.3 Å². The minimum atomic E-state index is -0.484. The number of hydrogen-bond donors (Lipinski definition) is 1. The zero-order chi connectivity index (χ0) is 21.1. The van der Waals surface area contributed by atoms with Gasteiger partial charge in [-0.05, 0) is 60.5 Å². The van der Waals surface area contributed by atoms with Gasteiger partial charge in [0, 0.05) is 9.79 Å². The van der Waals surface area contributed by atoms with Gasteiger partial charge >= 0.3 is 6.03 Å². The Balaban J connectivity index is 1.45. The second-order valence-electron chi connectivity index (χ2n) is 6.99. The van der Waals surface area contributed by atoms with Crippen LogP contribution in [-0.2, 0) is 11.3 Å². The lowest BCUT2D eigenvalue weighted by Crippen LogP contribution is -2.30. The summed E-state index contributed by atoms with van der Waals surface area (Å²) in [5, 5.41) is 2.61. The molecule has 1 aliphatic heterocycles. The number of benzene rings is 3. The molecule has 0 aliphatic carbocycles. The van der Waals surface area contributed by atoms with E-state index in [9.17, 15) is 14.0 Å². The van der Waals surface area contributed by atoms with Crippen LogP contribution in [0.5, 0.6) is 0 Å². The fourth-order valence-corrected chi connectivity index (χ4v) is 3.85. The summed E-state index contributed by atoms with van der Waals surface area (Å²) in [7, 11) is 0. The van der Waals surface area contributed by atoms with Gasteiger partial charge in [-0.1, -0.05) is 53.7 Å². The first kappa shape index (κ1) is 19.9. The van der Waals surface area contributed by atoms with Crippen molar-refractivity contribution in [2.24, 2.45) is 0 Å². The van der Waals surface area contributed by atoms with Crippen LogP contribution in [0.1, 0.15) is 16.7 Å². The minimum absolute atomic E-state index is 0.0917. The first-order valence-electron chi connectivity index (χ1n) is 9.41. The lowest BCUT2D eigenvalue weighted by Gasteiger charge is -2.11. The van der Waals surface area contributed by atoms with Crippen molar-refractivity contribution >= 4 is 29.8 Å².